The van der Waals surface area contributed by atoms with Crippen molar-refractivity contribution in [3.63, 3.8) is 0 Å². The van der Waals surface area contributed by atoms with E-state index in [4.69, 9.17) is 4.74 Å². The summed E-state index contributed by atoms with van der Waals surface area (Å²) in [5.41, 5.74) is 1.85. The van der Waals surface area contributed by atoms with Gasteiger partial charge in [0.1, 0.15) is 5.75 Å². The van der Waals surface area contributed by atoms with Gasteiger partial charge in [0, 0.05) is 7.05 Å². The summed E-state index contributed by atoms with van der Waals surface area (Å²) >= 11 is 0. The average Bonchev–Trinajstić information content (AvgIpc) is 2.29. The molecule has 88 valence electrons. The summed E-state index contributed by atoms with van der Waals surface area (Å²) < 4.78 is 5.24. The van der Waals surface area contributed by atoms with Crippen LogP contribution in [0.5, 0.6) is 5.75 Å². The van der Waals surface area contributed by atoms with Crippen molar-refractivity contribution >= 4 is 11.7 Å². The third-order valence-electron chi connectivity index (χ3n) is 2.37. The standard InChI is InChI=1S/C12H18N2O2/c1-8(2)9-5-6-10(11(7-9)16-4)14-12(15)13-3/h5-8H,1-4H3,(H2,13,14,15). The Morgan fingerprint density at radius 3 is 2.56 bits per heavy atom. The lowest BCUT2D eigenvalue weighted by Gasteiger charge is -2.13. The molecule has 0 saturated carbocycles. The third kappa shape index (κ3) is 2.89. The van der Waals surface area contributed by atoms with Gasteiger partial charge in [-0.2, -0.15) is 0 Å². The fraction of sp³-hybridized carbons (Fsp3) is 0.417. The molecule has 4 nitrogen and oxygen atoms in total. The van der Waals surface area contributed by atoms with Crippen molar-refractivity contribution in [3.8, 4) is 5.75 Å². The summed E-state index contributed by atoms with van der Waals surface area (Å²) in [5, 5.41) is 5.20. The van der Waals surface area contributed by atoms with Gasteiger partial charge in [-0.25, -0.2) is 4.79 Å². The summed E-state index contributed by atoms with van der Waals surface area (Å²) in [4.78, 5) is 11.2. The number of carbonyl (C=O) groups is 1. The Morgan fingerprint density at radius 2 is 2.06 bits per heavy atom. The molecule has 0 heterocycles. The van der Waals surface area contributed by atoms with E-state index in [9.17, 15) is 4.79 Å². The number of amides is 2. The van der Waals surface area contributed by atoms with Crippen LogP contribution in [0.1, 0.15) is 25.3 Å². The SMILES string of the molecule is CNC(=O)Nc1ccc(C(C)C)cc1OC. The van der Waals surface area contributed by atoms with Crippen LogP contribution in [-0.4, -0.2) is 20.2 Å². The highest BCUT2D eigenvalue weighted by Crippen LogP contribution is 2.28. The van der Waals surface area contributed by atoms with E-state index >= 15 is 0 Å². The Hall–Kier alpha value is -1.71. The van der Waals surface area contributed by atoms with E-state index in [-0.39, 0.29) is 6.03 Å². The van der Waals surface area contributed by atoms with Crippen LogP contribution < -0.4 is 15.4 Å². The van der Waals surface area contributed by atoms with E-state index in [1.165, 1.54) is 5.56 Å². The largest absolute Gasteiger partial charge is 0.495 e. The van der Waals surface area contributed by atoms with Gasteiger partial charge < -0.3 is 15.4 Å². The lowest BCUT2D eigenvalue weighted by molar-refractivity contribution is 0.254. The highest BCUT2D eigenvalue weighted by atomic mass is 16.5. The minimum Gasteiger partial charge on any atom is -0.495 e. The number of carbonyl (C=O) groups excluding carboxylic acids is 1. The maximum Gasteiger partial charge on any atom is 0.319 e. The van der Waals surface area contributed by atoms with Crippen LogP contribution in [0.4, 0.5) is 10.5 Å². The fourth-order valence-corrected chi connectivity index (χ4v) is 1.36. The quantitative estimate of drug-likeness (QED) is 0.825. The highest BCUT2D eigenvalue weighted by molar-refractivity contribution is 5.90. The topological polar surface area (TPSA) is 50.4 Å². The van der Waals surface area contributed by atoms with Crippen LogP contribution in [0, 0.1) is 0 Å². The number of rotatable bonds is 3. The molecule has 1 rings (SSSR count). The molecule has 0 aliphatic heterocycles. The number of anilines is 1. The average molecular weight is 222 g/mol. The smallest absolute Gasteiger partial charge is 0.319 e. The zero-order chi connectivity index (χ0) is 12.1. The van der Waals surface area contributed by atoms with E-state index in [0.29, 0.717) is 17.4 Å². The molecule has 2 amide bonds. The lowest BCUT2D eigenvalue weighted by Crippen LogP contribution is -2.24. The monoisotopic (exact) mass is 222 g/mol. The van der Waals surface area contributed by atoms with Gasteiger partial charge in [-0.05, 0) is 23.6 Å². The molecule has 0 fully saturated rings. The lowest BCUT2D eigenvalue weighted by atomic mass is 10.0. The summed E-state index contributed by atoms with van der Waals surface area (Å²) in [7, 11) is 3.17. The van der Waals surface area contributed by atoms with Crippen molar-refractivity contribution in [1.29, 1.82) is 0 Å². The normalized spacial score (nSPS) is 10.1. The van der Waals surface area contributed by atoms with Crippen molar-refractivity contribution in [2.45, 2.75) is 19.8 Å². The summed E-state index contributed by atoms with van der Waals surface area (Å²) in [5.74, 6) is 1.11. The van der Waals surface area contributed by atoms with Crippen LogP contribution in [0.25, 0.3) is 0 Å². The van der Waals surface area contributed by atoms with Crippen molar-refractivity contribution in [2.24, 2.45) is 0 Å². The van der Waals surface area contributed by atoms with Crippen LogP contribution in [0.2, 0.25) is 0 Å². The second-order valence-electron chi connectivity index (χ2n) is 3.82. The molecule has 0 radical (unpaired) electrons. The number of hydrogen-bond acceptors (Lipinski definition) is 2. The molecule has 0 aliphatic rings. The van der Waals surface area contributed by atoms with Gasteiger partial charge in [-0.3, -0.25) is 0 Å². The van der Waals surface area contributed by atoms with Crippen molar-refractivity contribution in [2.75, 3.05) is 19.5 Å². The molecule has 0 spiro atoms. The molecule has 0 aliphatic carbocycles. The molecule has 1 aromatic rings. The van der Waals surface area contributed by atoms with Crippen LogP contribution in [0.15, 0.2) is 18.2 Å². The number of benzene rings is 1. The minimum absolute atomic E-state index is 0.254. The summed E-state index contributed by atoms with van der Waals surface area (Å²) in [6.07, 6.45) is 0. The summed E-state index contributed by atoms with van der Waals surface area (Å²) in [6.45, 7) is 4.22. The van der Waals surface area contributed by atoms with Gasteiger partial charge in [0.2, 0.25) is 0 Å². The van der Waals surface area contributed by atoms with E-state index < -0.39 is 0 Å². The molecule has 0 aromatic heterocycles. The first kappa shape index (κ1) is 12.4. The van der Waals surface area contributed by atoms with Gasteiger partial charge in [0.15, 0.2) is 0 Å². The molecule has 2 N–H and O–H groups in total. The van der Waals surface area contributed by atoms with Gasteiger partial charge in [0.05, 0.1) is 12.8 Å². The van der Waals surface area contributed by atoms with E-state index in [1.807, 2.05) is 18.2 Å². The number of ether oxygens (including phenoxy) is 1. The Bertz CT molecular complexity index is 375. The number of nitrogens with one attached hydrogen (secondary N) is 2. The van der Waals surface area contributed by atoms with Crippen molar-refractivity contribution in [3.05, 3.63) is 23.8 Å². The first-order chi connectivity index (χ1) is 7.58. The predicted octanol–water partition coefficient (Wildman–Crippen LogP) is 2.57. The van der Waals surface area contributed by atoms with E-state index in [2.05, 4.69) is 24.5 Å². The Kier molecular flexibility index (Phi) is 4.17. The predicted molar refractivity (Wildman–Crippen MR) is 65.2 cm³/mol. The maximum absolute atomic E-state index is 11.2. The zero-order valence-corrected chi connectivity index (χ0v) is 10.1. The van der Waals surface area contributed by atoms with Gasteiger partial charge in [0.25, 0.3) is 0 Å². The Morgan fingerprint density at radius 1 is 1.38 bits per heavy atom. The van der Waals surface area contributed by atoms with Crippen molar-refractivity contribution < 1.29 is 9.53 Å². The second kappa shape index (κ2) is 5.39. The molecule has 0 unspecified atom stereocenters. The molecule has 1 aromatic carbocycles. The number of methoxy groups -OCH3 is 1. The number of hydrogen-bond donors (Lipinski definition) is 2. The Labute approximate surface area is 96.0 Å². The maximum atomic E-state index is 11.2. The minimum atomic E-state index is -0.254. The van der Waals surface area contributed by atoms with E-state index in [1.54, 1.807) is 14.2 Å². The fourth-order valence-electron chi connectivity index (χ4n) is 1.36. The third-order valence-corrected chi connectivity index (χ3v) is 2.37. The highest BCUT2D eigenvalue weighted by Gasteiger charge is 2.08. The first-order valence-electron chi connectivity index (χ1n) is 5.25. The zero-order valence-electron chi connectivity index (χ0n) is 10.1. The molecular weight excluding hydrogens is 204 g/mol. The van der Waals surface area contributed by atoms with Crippen LogP contribution >= 0.6 is 0 Å². The Balaban J connectivity index is 2.97. The van der Waals surface area contributed by atoms with Crippen LogP contribution in [-0.2, 0) is 0 Å². The molecule has 16 heavy (non-hydrogen) atoms. The first-order valence-corrected chi connectivity index (χ1v) is 5.25. The van der Waals surface area contributed by atoms with Gasteiger partial charge in [-0.1, -0.05) is 19.9 Å². The molecule has 0 saturated heterocycles. The van der Waals surface area contributed by atoms with Crippen molar-refractivity contribution in [1.82, 2.24) is 5.32 Å². The number of urea groups is 1. The van der Waals surface area contributed by atoms with Gasteiger partial charge >= 0.3 is 6.03 Å². The van der Waals surface area contributed by atoms with Crippen LogP contribution in [0.3, 0.4) is 0 Å². The van der Waals surface area contributed by atoms with Gasteiger partial charge in [-0.15, -0.1) is 0 Å². The summed E-state index contributed by atoms with van der Waals surface area (Å²) in [6, 6.07) is 5.52. The molecular formula is C12H18N2O2. The molecule has 4 heteroatoms. The molecule has 0 bridgehead atoms. The molecule has 0 atom stereocenters. The second-order valence-corrected chi connectivity index (χ2v) is 3.82. The van der Waals surface area contributed by atoms with E-state index in [0.717, 1.165) is 0 Å².